The van der Waals surface area contributed by atoms with Crippen LogP contribution in [-0.4, -0.2) is 21.0 Å². The van der Waals surface area contributed by atoms with Crippen molar-refractivity contribution in [3.8, 4) is 0 Å². The highest BCUT2D eigenvalue weighted by Gasteiger charge is 2.26. The first-order valence-corrected chi connectivity index (χ1v) is 4.61. The Morgan fingerprint density at radius 2 is 1.87 bits per heavy atom. The summed E-state index contributed by atoms with van der Waals surface area (Å²) in [5.74, 6) is -0.456. The van der Waals surface area contributed by atoms with E-state index in [1.807, 2.05) is 20.8 Å². The Balaban J connectivity index is 3.55. The molecule has 0 atom stereocenters. The summed E-state index contributed by atoms with van der Waals surface area (Å²) in [4.78, 5) is 18.9. The quantitative estimate of drug-likeness (QED) is 0.729. The van der Waals surface area contributed by atoms with Gasteiger partial charge in [-0.05, 0) is 12.3 Å². The second kappa shape index (κ2) is 3.49. The highest BCUT2D eigenvalue weighted by Crippen LogP contribution is 2.29. The fourth-order valence-electron chi connectivity index (χ4n) is 1.49. The van der Waals surface area contributed by atoms with E-state index in [1.54, 1.807) is 6.92 Å². The Bertz CT molecular complexity index is 408. The second-order valence-corrected chi connectivity index (χ2v) is 4.43. The number of rotatable bonds is 1. The van der Waals surface area contributed by atoms with Crippen LogP contribution in [0.2, 0.25) is 0 Å². The van der Waals surface area contributed by atoms with Crippen LogP contribution < -0.4 is 5.73 Å². The van der Waals surface area contributed by atoms with Crippen LogP contribution in [0.3, 0.4) is 0 Å². The largest absolute Gasteiger partial charge is 0.476 e. The van der Waals surface area contributed by atoms with Gasteiger partial charge in [-0.2, -0.15) is 0 Å². The van der Waals surface area contributed by atoms with Gasteiger partial charge in [0, 0.05) is 5.56 Å². The van der Waals surface area contributed by atoms with Gasteiger partial charge in [0.1, 0.15) is 11.6 Å². The first-order chi connectivity index (χ1) is 6.73. The van der Waals surface area contributed by atoms with E-state index in [0.29, 0.717) is 11.4 Å². The molecule has 82 valence electrons. The molecular formula is C10H15N3O2. The van der Waals surface area contributed by atoms with Crippen molar-refractivity contribution in [3.05, 3.63) is 17.1 Å². The number of aromatic carboxylic acids is 1. The number of carboxylic acids is 1. The SMILES string of the molecule is Cc1nc(N)c(C(C)(C)C)c(C(=O)O)n1. The number of carboxylic acid groups (broad SMARTS) is 1. The minimum absolute atomic E-state index is 0.00694. The van der Waals surface area contributed by atoms with Gasteiger partial charge >= 0.3 is 5.97 Å². The van der Waals surface area contributed by atoms with Crippen LogP contribution in [0.15, 0.2) is 0 Å². The van der Waals surface area contributed by atoms with E-state index in [9.17, 15) is 4.79 Å². The third kappa shape index (κ3) is 2.23. The fourth-order valence-corrected chi connectivity index (χ4v) is 1.49. The van der Waals surface area contributed by atoms with Crippen LogP contribution in [-0.2, 0) is 5.41 Å². The Hall–Kier alpha value is -1.65. The summed E-state index contributed by atoms with van der Waals surface area (Å²) in [6.45, 7) is 7.26. The first kappa shape index (κ1) is 11.4. The van der Waals surface area contributed by atoms with Crippen LogP contribution in [0.1, 0.15) is 42.6 Å². The third-order valence-corrected chi connectivity index (χ3v) is 2.00. The van der Waals surface area contributed by atoms with Gasteiger partial charge in [0.2, 0.25) is 0 Å². The second-order valence-electron chi connectivity index (χ2n) is 4.43. The summed E-state index contributed by atoms with van der Waals surface area (Å²) < 4.78 is 0. The molecule has 3 N–H and O–H groups in total. The molecule has 15 heavy (non-hydrogen) atoms. The number of nitrogens with zero attached hydrogens (tertiary/aromatic N) is 2. The molecule has 1 aromatic rings. The smallest absolute Gasteiger partial charge is 0.355 e. The Labute approximate surface area is 88.4 Å². The average molecular weight is 209 g/mol. The van der Waals surface area contributed by atoms with Crippen molar-refractivity contribution in [2.24, 2.45) is 0 Å². The number of aryl methyl sites for hydroxylation is 1. The van der Waals surface area contributed by atoms with E-state index in [0.717, 1.165) is 0 Å². The van der Waals surface area contributed by atoms with Crippen LogP contribution in [0.5, 0.6) is 0 Å². The van der Waals surface area contributed by atoms with E-state index in [4.69, 9.17) is 10.8 Å². The summed E-state index contributed by atoms with van der Waals surface area (Å²) in [6, 6.07) is 0. The topological polar surface area (TPSA) is 89.1 Å². The average Bonchev–Trinajstić information content (AvgIpc) is 1.99. The lowest BCUT2D eigenvalue weighted by molar-refractivity contribution is 0.0687. The van der Waals surface area contributed by atoms with Crippen molar-refractivity contribution in [1.82, 2.24) is 9.97 Å². The normalized spacial score (nSPS) is 11.5. The lowest BCUT2D eigenvalue weighted by atomic mass is 9.86. The van der Waals surface area contributed by atoms with E-state index in [-0.39, 0.29) is 16.9 Å². The zero-order chi connectivity index (χ0) is 11.8. The Morgan fingerprint density at radius 1 is 1.33 bits per heavy atom. The van der Waals surface area contributed by atoms with Gasteiger partial charge in [-0.3, -0.25) is 0 Å². The first-order valence-electron chi connectivity index (χ1n) is 4.61. The monoisotopic (exact) mass is 209 g/mol. The van der Waals surface area contributed by atoms with Crippen LogP contribution >= 0.6 is 0 Å². The molecule has 1 aromatic heterocycles. The number of anilines is 1. The molecule has 0 aliphatic rings. The van der Waals surface area contributed by atoms with Gasteiger partial charge in [0.15, 0.2) is 5.69 Å². The lowest BCUT2D eigenvalue weighted by Gasteiger charge is -2.22. The summed E-state index contributed by atoms with van der Waals surface area (Å²) in [5.41, 5.74) is 5.83. The summed E-state index contributed by atoms with van der Waals surface area (Å²) in [5, 5.41) is 9.03. The molecule has 0 fully saturated rings. The Morgan fingerprint density at radius 3 is 2.27 bits per heavy atom. The molecule has 5 nitrogen and oxygen atoms in total. The van der Waals surface area contributed by atoms with Crippen LogP contribution in [0, 0.1) is 6.92 Å². The fraction of sp³-hybridized carbons (Fsp3) is 0.500. The maximum atomic E-state index is 11.0. The van der Waals surface area contributed by atoms with Crippen molar-refractivity contribution in [1.29, 1.82) is 0 Å². The molecule has 0 saturated carbocycles. The highest BCUT2D eigenvalue weighted by atomic mass is 16.4. The van der Waals surface area contributed by atoms with Gasteiger partial charge in [-0.1, -0.05) is 20.8 Å². The van der Waals surface area contributed by atoms with E-state index in [1.165, 1.54) is 0 Å². The molecule has 0 amide bonds. The van der Waals surface area contributed by atoms with Crippen molar-refractivity contribution < 1.29 is 9.90 Å². The highest BCUT2D eigenvalue weighted by molar-refractivity contribution is 5.89. The summed E-state index contributed by atoms with van der Waals surface area (Å²) >= 11 is 0. The predicted octanol–water partition coefficient (Wildman–Crippen LogP) is 1.36. The van der Waals surface area contributed by atoms with Gasteiger partial charge in [-0.25, -0.2) is 14.8 Å². The number of aromatic nitrogens is 2. The Kier molecular flexibility index (Phi) is 2.66. The zero-order valence-electron chi connectivity index (χ0n) is 9.33. The third-order valence-electron chi connectivity index (χ3n) is 2.00. The van der Waals surface area contributed by atoms with Gasteiger partial charge in [0.25, 0.3) is 0 Å². The van der Waals surface area contributed by atoms with E-state index in [2.05, 4.69) is 9.97 Å². The lowest BCUT2D eigenvalue weighted by Crippen LogP contribution is -2.22. The van der Waals surface area contributed by atoms with Gasteiger partial charge in [-0.15, -0.1) is 0 Å². The molecule has 0 aliphatic carbocycles. The van der Waals surface area contributed by atoms with Crippen molar-refractivity contribution in [2.45, 2.75) is 33.1 Å². The van der Waals surface area contributed by atoms with E-state index >= 15 is 0 Å². The molecule has 0 saturated heterocycles. The summed E-state index contributed by atoms with van der Waals surface area (Å²) in [6.07, 6.45) is 0. The number of hydrogen-bond acceptors (Lipinski definition) is 4. The maximum absolute atomic E-state index is 11.0. The standard InChI is InChI=1S/C10H15N3O2/c1-5-12-7(9(14)15)6(8(11)13-5)10(2,3)4/h1-4H3,(H,14,15)(H2,11,12,13). The van der Waals surface area contributed by atoms with E-state index < -0.39 is 5.97 Å². The molecule has 0 aromatic carbocycles. The molecule has 5 heteroatoms. The number of nitrogen functional groups attached to an aromatic ring is 1. The molecule has 0 unspecified atom stereocenters. The predicted molar refractivity (Wildman–Crippen MR) is 56.8 cm³/mol. The zero-order valence-corrected chi connectivity index (χ0v) is 9.33. The molecule has 0 bridgehead atoms. The maximum Gasteiger partial charge on any atom is 0.355 e. The van der Waals surface area contributed by atoms with Crippen LogP contribution in [0.25, 0.3) is 0 Å². The van der Waals surface area contributed by atoms with Crippen molar-refractivity contribution >= 4 is 11.8 Å². The number of hydrogen-bond donors (Lipinski definition) is 2. The van der Waals surface area contributed by atoms with Crippen molar-refractivity contribution in [3.63, 3.8) is 0 Å². The van der Waals surface area contributed by atoms with Crippen molar-refractivity contribution in [2.75, 3.05) is 5.73 Å². The molecular weight excluding hydrogens is 194 g/mol. The number of carbonyl (C=O) groups is 1. The summed E-state index contributed by atoms with van der Waals surface area (Å²) in [7, 11) is 0. The molecule has 1 rings (SSSR count). The van der Waals surface area contributed by atoms with Gasteiger partial charge < -0.3 is 10.8 Å². The molecule has 1 heterocycles. The molecule has 0 spiro atoms. The minimum atomic E-state index is -1.07. The van der Waals surface area contributed by atoms with Gasteiger partial charge in [0.05, 0.1) is 0 Å². The van der Waals surface area contributed by atoms with Crippen LogP contribution in [0.4, 0.5) is 5.82 Å². The number of nitrogens with two attached hydrogens (primary N) is 1. The molecule has 0 radical (unpaired) electrons. The molecule has 0 aliphatic heterocycles. The minimum Gasteiger partial charge on any atom is -0.476 e.